The molecule has 1 aliphatic rings. The van der Waals surface area contributed by atoms with E-state index >= 15 is 0 Å². The average Bonchev–Trinajstić information content (AvgIpc) is 2.44. The van der Waals surface area contributed by atoms with E-state index in [1.54, 1.807) is 14.0 Å². The van der Waals surface area contributed by atoms with Crippen LogP contribution in [0.2, 0.25) is 0 Å². The third-order valence-electron chi connectivity index (χ3n) is 4.29. The van der Waals surface area contributed by atoms with E-state index in [9.17, 15) is 4.79 Å². The van der Waals surface area contributed by atoms with Gasteiger partial charge in [-0.05, 0) is 56.0 Å². The minimum atomic E-state index is 0.168. The summed E-state index contributed by atoms with van der Waals surface area (Å²) >= 11 is 0. The van der Waals surface area contributed by atoms with Crippen molar-refractivity contribution in [2.45, 2.75) is 39.5 Å². The molecule has 0 spiro atoms. The van der Waals surface area contributed by atoms with Gasteiger partial charge < -0.3 is 4.74 Å². The van der Waals surface area contributed by atoms with Crippen molar-refractivity contribution in [1.82, 2.24) is 0 Å². The summed E-state index contributed by atoms with van der Waals surface area (Å²) in [6.07, 6.45) is 4.35. The van der Waals surface area contributed by atoms with Gasteiger partial charge in [-0.15, -0.1) is 0 Å². The molecule has 104 valence electrons. The van der Waals surface area contributed by atoms with Crippen LogP contribution in [0.3, 0.4) is 0 Å². The Balaban J connectivity index is 2.49. The number of Topliss-reactive ketones (excluding diaryl/α,β-unsaturated/α-hetero) is 1. The maximum atomic E-state index is 12.2. The number of ketones is 1. The Morgan fingerprint density at radius 2 is 1.80 bits per heavy atom. The lowest BCUT2D eigenvalue weighted by Gasteiger charge is -2.24. The van der Waals surface area contributed by atoms with Crippen LogP contribution in [-0.2, 0) is 12.8 Å². The lowest BCUT2D eigenvalue weighted by molar-refractivity contribution is 0.101. The van der Waals surface area contributed by atoms with Crippen molar-refractivity contribution < 1.29 is 9.53 Å². The number of ether oxygens (including phenoxy) is 1. The number of aryl methyl sites for hydroxylation is 1. The summed E-state index contributed by atoms with van der Waals surface area (Å²) in [6, 6.07) is 6.29. The van der Waals surface area contributed by atoms with Crippen molar-refractivity contribution in [1.29, 1.82) is 0 Å². The van der Waals surface area contributed by atoms with E-state index < -0.39 is 0 Å². The summed E-state index contributed by atoms with van der Waals surface area (Å²) in [6.45, 7) is 3.74. The van der Waals surface area contributed by atoms with Crippen LogP contribution in [0.15, 0.2) is 18.2 Å². The number of methoxy groups -OCH3 is 1. The number of carbonyl (C=O) groups excluding carboxylic acids is 1. The highest BCUT2D eigenvalue weighted by molar-refractivity contribution is 6.11. The first kappa shape index (κ1) is 13.2. The highest BCUT2D eigenvalue weighted by atomic mass is 16.5. The molecule has 2 nitrogen and oxygen atoms in total. The largest absolute Gasteiger partial charge is 0.496 e. The predicted octanol–water partition coefficient (Wildman–Crippen LogP) is 4.24. The van der Waals surface area contributed by atoms with Gasteiger partial charge in [0.05, 0.1) is 7.11 Å². The van der Waals surface area contributed by atoms with E-state index in [1.165, 1.54) is 23.1 Å². The first-order chi connectivity index (χ1) is 9.63. The lowest BCUT2D eigenvalue weighted by atomic mass is 9.82. The highest BCUT2D eigenvalue weighted by Crippen LogP contribution is 2.40. The molecule has 0 N–H and O–H groups in total. The van der Waals surface area contributed by atoms with Gasteiger partial charge in [0.1, 0.15) is 5.75 Å². The molecule has 0 heterocycles. The third-order valence-corrected chi connectivity index (χ3v) is 4.29. The maximum Gasteiger partial charge on any atom is 0.160 e. The number of rotatable bonds is 2. The summed E-state index contributed by atoms with van der Waals surface area (Å²) < 4.78 is 5.69. The minimum Gasteiger partial charge on any atom is -0.496 e. The van der Waals surface area contributed by atoms with Gasteiger partial charge >= 0.3 is 0 Å². The molecule has 0 bridgehead atoms. The fraction of sp³-hybridized carbons (Fsp3) is 0.389. The van der Waals surface area contributed by atoms with Gasteiger partial charge in [0.2, 0.25) is 0 Å². The number of benzene rings is 2. The van der Waals surface area contributed by atoms with Gasteiger partial charge in [0.15, 0.2) is 5.78 Å². The van der Waals surface area contributed by atoms with E-state index in [2.05, 4.69) is 25.1 Å². The van der Waals surface area contributed by atoms with Crippen molar-refractivity contribution in [2.24, 2.45) is 0 Å². The topological polar surface area (TPSA) is 26.3 Å². The lowest BCUT2D eigenvalue weighted by Crippen LogP contribution is -2.12. The summed E-state index contributed by atoms with van der Waals surface area (Å²) in [7, 11) is 1.73. The molecular weight excluding hydrogens is 248 g/mol. The summed E-state index contributed by atoms with van der Waals surface area (Å²) in [4.78, 5) is 12.2. The Hall–Kier alpha value is -1.83. The molecule has 0 radical (unpaired) electrons. The number of hydrogen-bond acceptors (Lipinski definition) is 2. The summed E-state index contributed by atoms with van der Waals surface area (Å²) in [5, 5.41) is 2.12. The van der Waals surface area contributed by atoms with Crippen LogP contribution in [-0.4, -0.2) is 12.9 Å². The SMILES string of the molecule is COc1c2c(c(C(C)=O)c3cc(C)ccc13)CCCC2. The maximum absolute atomic E-state index is 12.2. The summed E-state index contributed by atoms with van der Waals surface area (Å²) in [5.74, 6) is 1.14. The number of carbonyl (C=O) groups is 1. The first-order valence-electron chi connectivity index (χ1n) is 7.26. The van der Waals surface area contributed by atoms with Gasteiger partial charge in [-0.2, -0.15) is 0 Å². The summed E-state index contributed by atoms with van der Waals surface area (Å²) in [5.41, 5.74) is 4.57. The molecule has 0 atom stereocenters. The Morgan fingerprint density at radius 3 is 2.45 bits per heavy atom. The Morgan fingerprint density at radius 1 is 1.10 bits per heavy atom. The molecule has 0 amide bonds. The molecule has 2 aromatic rings. The molecule has 0 aliphatic heterocycles. The Bertz CT molecular complexity index is 698. The fourth-order valence-electron chi connectivity index (χ4n) is 3.46. The number of fused-ring (bicyclic) bond motifs is 2. The number of hydrogen-bond donors (Lipinski definition) is 0. The van der Waals surface area contributed by atoms with E-state index in [1.807, 2.05) is 0 Å². The third kappa shape index (κ3) is 1.91. The van der Waals surface area contributed by atoms with E-state index in [4.69, 9.17) is 4.74 Å². The Labute approximate surface area is 119 Å². The molecule has 0 unspecified atom stereocenters. The Kier molecular flexibility index (Phi) is 3.25. The molecule has 2 heteroatoms. The van der Waals surface area contributed by atoms with Gasteiger partial charge in [-0.25, -0.2) is 0 Å². The van der Waals surface area contributed by atoms with Crippen molar-refractivity contribution in [3.05, 3.63) is 40.5 Å². The molecule has 3 rings (SSSR count). The quantitative estimate of drug-likeness (QED) is 0.762. The van der Waals surface area contributed by atoms with Gasteiger partial charge in [-0.1, -0.05) is 23.8 Å². The normalized spacial score (nSPS) is 14.2. The molecule has 2 aromatic carbocycles. The van der Waals surface area contributed by atoms with Crippen LogP contribution in [0.4, 0.5) is 0 Å². The standard InChI is InChI=1S/C18H20O2/c1-11-8-9-15-16(10-11)17(12(2)19)13-6-4-5-7-14(13)18(15)20-3/h8-10H,4-7H2,1-3H3. The van der Waals surface area contributed by atoms with Crippen molar-refractivity contribution >= 4 is 16.6 Å². The minimum absolute atomic E-state index is 0.168. The molecule has 1 aliphatic carbocycles. The average molecular weight is 268 g/mol. The predicted molar refractivity (Wildman–Crippen MR) is 81.9 cm³/mol. The molecular formula is C18H20O2. The molecule has 0 fully saturated rings. The van der Waals surface area contributed by atoms with E-state index in [0.29, 0.717) is 0 Å². The molecule has 0 saturated carbocycles. The van der Waals surface area contributed by atoms with Gasteiger partial charge in [-0.3, -0.25) is 4.79 Å². The van der Waals surface area contributed by atoms with Crippen molar-refractivity contribution in [3.8, 4) is 5.75 Å². The second-order valence-corrected chi connectivity index (χ2v) is 5.68. The zero-order valence-electron chi connectivity index (χ0n) is 12.4. The fourth-order valence-corrected chi connectivity index (χ4v) is 3.46. The molecule has 0 saturated heterocycles. The monoisotopic (exact) mass is 268 g/mol. The van der Waals surface area contributed by atoms with Crippen LogP contribution in [0.1, 0.15) is 46.8 Å². The van der Waals surface area contributed by atoms with Crippen LogP contribution in [0.25, 0.3) is 10.8 Å². The van der Waals surface area contributed by atoms with Crippen LogP contribution in [0, 0.1) is 6.92 Å². The van der Waals surface area contributed by atoms with Crippen molar-refractivity contribution in [2.75, 3.05) is 7.11 Å². The van der Waals surface area contributed by atoms with Crippen LogP contribution >= 0.6 is 0 Å². The second-order valence-electron chi connectivity index (χ2n) is 5.68. The molecule has 0 aromatic heterocycles. The second kappa shape index (κ2) is 4.93. The zero-order chi connectivity index (χ0) is 14.3. The van der Waals surface area contributed by atoms with E-state index in [0.717, 1.165) is 41.3 Å². The zero-order valence-corrected chi connectivity index (χ0v) is 12.4. The molecule has 20 heavy (non-hydrogen) atoms. The first-order valence-corrected chi connectivity index (χ1v) is 7.26. The van der Waals surface area contributed by atoms with E-state index in [-0.39, 0.29) is 5.78 Å². The smallest absolute Gasteiger partial charge is 0.160 e. The van der Waals surface area contributed by atoms with Crippen LogP contribution in [0.5, 0.6) is 5.75 Å². The van der Waals surface area contributed by atoms with Gasteiger partial charge in [0, 0.05) is 10.9 Å². The highest BCUT2D eigenvalue weighted by Gasteiger charge is 2.24. The van der Waals surface area contributed by atoms with Crippen molar-refractivity contribution in [3.63, 3.8) is 0 Å². The van der Waals surface area contributed by atoms with Gasteiger partial charge in [0.25, 0.3) is 0 Å². The van der Waals surface area contributed by atoms with Crippen LogP contribution < -0.4 is 4.74 Å².